The fraction of sp³-hybridized carbons (Fsp3) is 0.900. The average Bonchev–Trinajstić information content (AvgIpc) is 2.22. The largest absolute Gasteiger partial charge is 0.320 e. The maximum atomic E-state index is 11.6. The molecular formula is C10H22N4O. The maximum Gasteiger partial charge on any atom is 0.251 e. The van der Waals surface area contributed by atoms with Gasteiger partial charge in [0.25, 0.3) is 5.91 Å². The first-order valence-corrected chi connectivity index (χ1v) is 5.63. The smallest absolute Gasteiger partial charge is 0.251 e. The summed E-state index contributed by atoms with van der Waals surface area (Å²) in [6, 6.07) is -0.366. The molecule has 0 aromatic heterocycles. The zero-order valence-corrected chi connectivity index (χ0v) is 9.70. The lowest BCUT2D eigenvalue weighted by Crippen LogP contribution is -2.55. The number of carbonyl (C=O) groups is 1. The van der Waals surface area contributed by atoms with Crippen LogP contribution < -0.4 is 11.2 Å². The molecule has 1 rings (SSSR count). The van der Waals surface area contributed by atoms with Crippen LogP contribution in [0.1, 0.15) is 19.8 Å². The van der Waals surface area contributed by atoms with Crippen LogP contribution in [0.3, 0.4) is 0 Å². The number of hydrogen-bond donors (Lipinski definition) is 2. The molecule has 0 radical (unpaired) electrons. The Morgan fingerprint density at radius 2 is 2.00 bits per heavy atom. The Labute approximate surface area is 91.6 Å². The molecule has 0 saturated carbocycles. The van der Waals surface area contributed by atoms with Gasteiger partial charge in [0.1, 0.15) is 0 Å². The topological polar surface area (TPSA) is 61.6 Å². The lowest BCUT2D eigenvalue weighted by molar-refractivity contribution is -0.128. The van der Waals surface area contributed by atoms with E-state index in [9.17, 15) is 4.79 Å². The quantitative estimate of drug-likeness (QED) is 0.655. The van der Waals surface area contributed by atoms with Gasteiger partial charge in [0.2, 0.25) is 0 Å². The predicted molar refractivity (Wildman–Crippen MR) is 60.1 cm³/mol. The average molecular weight is 214 g/mol. The minimum absolute atomic E-state index is 0.0543. The summed E-state index contributed by atoms with van der Waals surface area (Å²) in [5.74, 6) is -0.0543. The van der Waals surface area contributed by atoms with E-state index in [1.165, 1.54) is 0 Å². The molecule has 0 spiro atoms. The highest BCUT2D eigenvalue weighted by Crippen LogP contribution is 1.98. The van der Waals surface area contributed by atoms with Crippen LogP contribution in [0.2, 0.25) is 0 Å². The van der Waals surface area contributed by atoms with Gasteiger partial charge in [0.15, 0.2) is 0 Å². The highest BCUT2D eigenvalue weighted by atomic mass is 16.2. The summed E-state index contributed by atoms with van der Waals surface area (Å²) in [7, 11) is 2.09. The van der Waals surface area contributed by atoms with Crippen molar-refractivity contribution in [1.29, 1.82) is 0 Å². The van der Waals surface area contributed by atoms with Crippen LogP contribution in [0.15, 0.2) is 0 Å². The molecule has 0 aliphatic carbocycles. The van der Waals surface area contributed by atoms with Gasteiger partial charge >= 0.3 is 0 Å². The Hall–Kier alpha value is -0.650. The zero-order valence-electron chi connectivity index (χ0n) is 9.70. The number of piperazine rings is 1. The van der Waals surface area contributed by atoms with Crippen LogP contribution in [0.5, 0.6) is 0 Å². The molecule has 5 heteroatoms. The molecule has 1 aliphatic rings. The molecule has 1 unspecified atom stereocenters. The van der Waals surface area contributed by atoms with Crippen molar-refractivity contribution in [3.05, 3.63) is 0 Å². The van der Waals surface area contributed by atoms with Crippen molar-refractivity contribution in [1.82, 2.24) is 15.3 Å². The van der Waals surface area contributed by atoms with Crippen molar-refractivity contribution in [2.45, 2.75) is 25.8 Å². The molecule has 1 atom stereocenters. The molecule has 1 saturated heterocycles. The van der Waals surface area contributed by atoms with Gasteiger partial charge in [-0.25, -0.2) is 5.01 Å². The van der Waals surface area contributed by atoms with E-state index in [2.05, 4.69) is 17.4 Å². The highest BCUT2D eigenvalue weighted by molar-refractivity contribution is 5.80. The Bertz CT molecular complexity index is 202. The summed E-state index contributed by atoms with van der Waals surface area (Å²) < 4.78 is 0. The van der Waals surface area contributed by atoms with Gasteiger partial charge in [-0.2, -0.15) is 0 Å². The maximum absolute atomic E-state index is 11.6. The van der Waals surface area contributed by atoms with Gasteiger partial charge in [-0.1, -0.05) is 13.3 Å². The van der Waals surface area contributed by atoms with Crippen LogP contribution in [-0.2, 0) is 4.79 Å². The first-order chi connectivity index (χ1) is 7.13. The van der Waals surface area contributed by atoms with Gasteiger partial charge in [-0.05, 0) is 13.5 Å². The lowest BCUT2D eigenvalue weighted by atomic mass is 10.2. The van der Waals surface area contributed by atoms with Crippen LogP contribution in [0, 0.1) is 0 Å². The van der Waals surface area contributed by atoms with E-state index >= 15 is 0 Å². The second-order valence-corrected chi connectivity index (χ2v) is 4.16. The summed E-state index contributed by atoms with van der Waals surface area (Å²) in [5, 5.41) is 1.96. The van der Waals surface area contributed by atoms with Crippen molar-refractivity contribution >= 4 is 5.91 Å². The Balaban J connectivity index is 2.25. The van der Waals surface area contributed by atoms with E-state index in [0.717, 1.165) is 39.0 Å². The number of carbonyl (C=O) groups excluding carboxylic acids is 1. The summed E-state index contributed by atoms with van der Waals surface area (Å²) in [5.41, 5.74) is 8.59. The van der Waals surface area contributed by atoms with Crippen molar-refractivity contribution in [2.75, 3.05) is 33.2 Å². The molecule has 0 bridgehead atoms. The zero-order chi connectivity index (χ0) is 11.3. The lowest BCUT2D eigenvalue weighted by Gasteiger charge is -2.32. The molecule has 3 N–H and O–H groups in total. The van der Waals surface area contributed by atoms with Crippen LogP contribution in [0.4, 0.5) is 0 Å². The van der Waals surface area contributed by atoms with Gasteiger partial charge in [0.05, 0.1) is 6.04 Å². The first-order valence-electron chi connectivity index (χ1n) is 5.63. The third-order valence-electron chi connectivity index (χ3n) is 2.71. The van der Waals surface area contributed by atoms with E-state index in [-0.39, 0.29) is 11.9 Å². The van der Waals surface area contributed by atoms with Crippen molar-refractivity contribution in [2.24, 2.45) is 5.73 Å². The molecule has 1 aliphatic heterocycles. The van der Waals surface area contributed by atoms with Gasteiger partial charge in [0, 0.05) is 26.2 Å². The molecular weight excluding hydrogens is 192 g/mol. The second kappa shape index (κ2) is 6.05. The minimum Gasteiger partial charge on any atom is -0.320 e. The Morgan fingerprint density at radius 3 is 2.53 bits per heavy atom. The normalized spacial score (nSPS) is 21.3. The minimum atomic E-state index is -0.366. The molecule has 88 valence electrons. The standard InChI is InChI=1S/C10H22N4O/c1-3-4-9(11)10(15)12-14-7-5-13(2)6-8-14/h9H,3-8,11H2,1-2H3,(H,12,15). The number of likely N-dealkylation sites (N-methyl/N-ethyl adjacent to an activating group) is 1. The molecule has 0 aromatic carbocycles. The third kappa shape index (κ3) is 4.15. The van der Waals surface area contributed by atoms with Crippen LogP contribution in [0.25, 0.3) is 0 Å². The molecule has 5 nitrogen and oxygen atoms in total. The first kappa shape index (κ1) is 12.4. The van der Waals surface area contributed by atoms with Crippen LogP contribution >= 0.6 is 0 Å². The Kier molecular flexibility index (Phi) is 5.01. The number of amides is 1. The molecule has 0 aromatic rings. The van der Waals surface area contributed by atoms with E-state index in [4.69, 9.17) is 5.73 Å². The fourth-order valence-corrected chi connectivity index (χ4v) is 1.60. The molecule has 1 amide bonds. The molecule has 15 heavy (non-hydrogen) atoms. The van der Waals surface area contributed by atoms with E-state index < -0.39 is 0 Å². The second-order valence-electron chi connectivity index (χ2n) is 4.16. The predicted octanol–water partition coefficient (Wildman–Crippen LogP) is -0.608. The van der Waals surface area contributed by atoms with Gasteiger partial charge < -0.3 is 10.6 Å². The Morgan fingerprint density at radius 1 is 1.40 bits per heavy atom. The summed E-state index contributed by atoms with van der Waals surface area (Å²) in [6.45, 7) is 5.76. The molecule has 1 heterocycles. The highest BCUT2D eigenvalue weighted by Gasteiger charge is 2.18. The number of nitrogens with one attached hydrogen (secondary N) is 1. The van der Waals surface area contributed by atoms with Crippen molar-refractivity contribution < 1.29 is 4.79 Å². The van der Waals surface area contributed by atoms with E-state index in [0.29, 0.717) is 0 Å². The number of nitrogens with zero attached hydrogens (tertiary/aromatic N) is 2. The van der Waals surface area contributed by atoms with Gasteiger partial charge in [-0.15, -0.1) is 0 Å². The van der Waals surface area contributed by atoms with Crippen molar-refractivity contribution in [3.63, 3.8) is 0 Å². The monoisotopic (exact) mass is 214 g/mol. The van der Waals surface area contributed by atoms with Crippen LogP contribution in [-0.4, -0.2) is 55.1 Å². The van der Waals surface area contributed by atoms with E-state index in [1.807, 2.05) is 11.9 Å². The molecule has 1 fully saturated rings. The summed E-state index contributed by atoms with van der Waals surface area (Å²) in [4.78, 5) is 13.8. The number of hydrogen-bond acceptors (Lipinski definition) is 4. The summed E-state index contributed by atoms with van der Waals surface area (Å²) in [6.07, 6.45) is 1.69. The van der Waals surface area contributed by atoms with Gasteiger partial charge in [-0.3, -0.25) is 10.2 Å². The SMILES string of the molecule is CCCC(N)C(=O)NN1CCN(C)CC1. The number of hydrazine groups is 1. The number of rotatable bonds is 4. The van der Waals surface area contributed by atoms with E-state index in [1.54, 1.807) is 0 Å². The third-order valence-corrected chi connectivity index (χ3v) is 2.71. The summed E-state index contributed by atoms with van der Waals surface area (Å²) >= 11 is 0. The van der Waals surface area contributed by atoms with Crippen molar-refractivity contribution in [3.8, 4) is 0 Å². The fourth-order valence-electron chi connectivity index (χ4n) is 1.60. The number of nitrogens with two attached hydrogens (primary N) is 1.